The molecule has 0 spiro atoms. The predicted molar refractivity (Wildman–Crippen MR) is 87.1 cm³/mol. The zero-order valence-corrected chi connectivity index (χ0v) is 13.8. The molecule has 1 amide bonds. The van der Waals surface area contributed by atoms with Crippen LogP contribution < -0.4 is 10.9 Å². The zero-order valence-electron chi connectivity index (χ0n) is 13.0. The topological polar surface area (TPSA) is 114 Å². The Kier molecular flexibility index (Phi) is 4.70. The van der Waals surface area contributed by atoms with Gasteiger partial charge in [-0.25, -0.2) is 10.1 Å². The summed E-state index contributed by atoms with van der Waals surface area (Å²) in [5.41, 5.74) is 0.638. The lowest BCUT2D eigenvalue weighted by atomic mass is 9.91. The van der Waals surface area contributed by atoms with Crippen LogP contribution in [0.15, 0.2) is 16.9 Å². The molecular formula is C15H16N4O4S. The molecule has 2 aromatic rings. The lowest BCUT2D eigenvalue weighted by Gasteiger charge is -2.18. The lowest BCUT2D eigenvalue weighted by Crippen LogP contribution is -2.24. The highest BCUT2D eigenvalue weighted by Gasteiger charge is 2.28. The molecule has 2 heterocycles. The van der Waals surface area contributed by atoms with E-state index in [4.69, 9.17) is 4.74 Å². The van der Waals surface area contributed by atoms with E-state index in [1.807, 2.05) is 0 Å². The quantitative estimate of drug-likeness (QED) is 0.801. The van der Waals surface area contributed by atoms with E-state index in [-0.39, 0.29) is 23.1 Å². The van der Waals surface area contributed by atoms with E-state index in [1.54, 1.807) is 6.92 Å². The van der Waals surface area contributed by atoms with Gasteiger partial charge in [-0.1, -0.05) is 0 Å². The number of H-pyrrole nitrogens is 1. The van der Waals surface area contributed by atoms with E-state index in [2.05, 4.69) is 20.5 Å². The highest BCUT2D eigenvalue weighted by molar-refractivity contribution is 7.15. The number of rotatable bonds is 4. The van der Waals surface area contributed by atoms with Crippen molar-refractivity contribution >= 4 is 28.3 Å². The van der Waals surface area contributed by atoms with Crippen LogP contribution in [0, 0.1) is 5.92 Å². The molecule has 1 unspecified atom stereocenters. The van der Waals surface area contributed by atoms with Gasteiger partial charge in [0.05, 0.1) is 18.2 Å². The molecule has 1 atom stereocenters. The minimum atomic E-state index is -0.445. The standard InChI is InChI=1S/C15H16N4O4S/c1-2-23-14(22)8-3-4-9-11(7-8)24-15(16-9)17-13(21)10-5-6-12(20)19-18-10/h5-6,8H,2-4,7H2,1H3,(H,19,20)(H,16,17,21). The molecule has 8 nitrogen and oxygen atoms in total. The van der Waals surface area contributed by atoms with Crippen molar-refractivity contribution < 1.29 is 14.3 Å². The molecule has 24 heavy (non-hydrogen) atoms. The van der Waals surface area contributed by atoms with Crippen molar-refractivity contribution in [3.8, 4) is 0 Å². The number of amides is 1. The molecule has 2 aromatic heterocycles. The van der Waals surface area contributed by atoms with Gasteiger partial charge < -0.3 is 4.74 Å². The summed E-state index contributed by atoms with van der Waals surface area (Å²) in [5.74, 6) is -0.777. The number of anilines is 1. The number of ether oxygens (including phenoxy) is 1. The van der Waals surface area contributed by atoms with E-state index in [1.165, 1.54) is 23.5 Å². The van der Waals surface area contributed by atoms with Gasteiger partial charge in [0.1, 0.15) is 5.69 Å². The maximum absolute atomic E-state index is 12.1. The fraction of sp³-hybridized carbons (Fsp3) is 0.400. The number of nitrogens with zero attached hydrogens (tertiary/aromatic N) is 2. The van der Waals surface area contributed by atoms with Gasteiger partial charge in [0.15, 0.2) is 5.13 Å². The summed E-state index contributed by atoms with van der Waals surface area (Å²) in [5, 5.41) is 9.02. The van der Waals surface area contributed by atoms with Crippen molar-refractivity contribution in [1.82, 2.24) is 15.2 Å². The first-order valence-electron chi connectivity index (χ1n) is 7.59. The molecule has 126 valence electrons. The Balaban J connectivity index is 1.69. The van der Waals surface area contributed by atoms with Gasteiger partial charge in [-0.15, -0.1) is 11.3 Å². The number of carbonyl (C=O) groups excluding carboxylic acids is 2. The molecule has 1 aliphatic rings. The van der Waals surface area contributed by atoms with E-state index >= 15 is 0 Å². The van der Waals surface area contributed by atoms with Crippen molar-refractivity contribution in [2.24, 2.45) is 5.92 Å². The largest absolute Gasteiger partial charge is 0.466 e. The van der Waals surface area contributed by atoms with Gasteiger partial charge >= 0.3 is 5.97 Å². The molecule has 2 N–H and O–H groups in total. The Morgan fingerprint density at radius 2 is 2.29 bits per heavy atom. The monoisotopic (exact) mass is 348 g/mol. The minimum absolute atomic E-state index is 0.104. The second kappa shape index (κ2) is 6.91. The number of aryl methyl sites for hydroxylation is 1. The Morgan fingerprint density at radius 3 is 3.00 bits per heavy atom. The van der Waals surface area contributed by atoms with Crippen LogP contribution in [0.4, 0.5) is 5.13 Å². The maximum Gasteiger partial charge on any atom is 0.309 e. The third-order valence-corrected chi connectivity index (χ3v) is 4.73. The fourth-order valence-electron chi connectivity index (χ4n) is 2.52. The van der Waals surface area contributed by atoms with Gasteiger partial charge in [0.2, 0.25) is 0 Å². The van der Waals surface area contributed by atoms with Crippen LogP contribution in [0.5, 0.6) is 0 Å². The highest BCUT2D eigenvalue weighted by atomic mass is 32.1. The number of thiazole rings is 1. The number of aromatic amines is 1. The van der Waals surface area contributed by atoms with Crippen molar-refractivity contribution in [3.05, 3.63) is 38.8 Å². The third-order valence-electron chi connectivity index (χ3n) is 3.69. The van der Waals surface area contributed by atoms with Crippen molar-refractivity contribution in [2.75, 3.05) is 11.9 Å². The van der Waals surface area contributed by atoms with E-state index in [0.717, 1.165) is 10.6 Å². The summed E-state index contributed by atoms with van der Waals surface area (Å²) in [6.07, 6.45) is 1.96. The van der Waals surface area contributed by atoms with E-state index in [0.29, 0.717) is 31.0 Å². The average molecular weight is 348 g/mol. The predicted octanol–water partition coefficient (Wildman–Crippen LogP) is 1.15. The number of hydrogen-bond donors (Lipinski definition) is 2. The fourth-order valence-corrected chi connectivity index (χ4v) is 3.60. The molecule has 0 saturated heterocycles. The lowest BCUT2D eigenvalue weighted by molar-refractivity contribution is -0.148. The second-order valence-electron chi connectivity index (χ2n) is 5.34. The van der Waals surface area contributed by atoms with Gasteiger partial charge in [0.25, 0.3) is 11.5 Å². The average Bonchev–Trinajstić information content (AvgIpc) is 2.96. The Labute approximate surface area is 141 Å². The summed E-state index contributed by atoms with van der Waals surface area (Å²) < 4.78 is 5.07. The molecule has 1 aliphatic carbocycles. The van der Waals surface area contributed by atoms with Gasteiger partial charge in [-0.2, -0.15) is 5.10 Å². The molecule has 9 heteroatoms. The smallest absolute Gasteiger partial charge is 0.309 e. The Morgan fingerprint density at radius 1 is 1.46 bits per heavy atom. The molecule has 0 aliphatic heterocycles. The van der Waals surface area contributed by atoms with Crippen LogP contribution in [0.1, 0.15) is 34.4 Å². The number of carbonyl (C=O) groups is 2. The van der Waals surface area contributed by atoms with E-state index in [9.17, 15) is 14.4 Å². The molecule has 0 bridgehead atoms. The minimum Gasteiger partial charge on any atom is -0.466 e. The number of nitrogens with one attached hydrogen (secondary N) is 2. The third kappa shape index (κ3) is 3.51. The molecule has 3 rings (SSSR count). The van der Waals surface area contributed by atoms with Crippen LogP contribution in [0.2, 0.25) is 0 Å². The molecular weight excluding hydrogens is 332 g/mol. The first-order chi connectivity index (χ1) is 11.6. The van der Waals surface area contributed by atoms with Crippen molar-refractivity contribution in [1.29, 1.82) is 0 Å². The Bertz CT molecular complexity index is 809. The molecule has 0 fully saturated rings. The summed E-state index contributed by atoms with van der Waals surface area (Å²) >= 11 is 1.35. The second-order valence-corrected chi connectivity index (χ2v) is 6.42. The summed E-state index contributed by atoms with van der Waals surface area (Å²) in [4.78, 5) is 40.3. The number of esters is 1. The summed E-state index contributed by atoms with van der Waals surface area (Å²) in [7, 11) is 0. The van der Waals surface area contributed by atoms with Crippen LogP contribution in [0.3, 0.4) is 0 Å². The Hall–Kier alpha value is -2.55. The van der Waals surface area contributed by atoms with Crippen molar-refractivity contribution in [2.45, 2.75) is 26.2 Å². The SMILES string of the molecule is CCOC(=O)C1CCc2nc(NC(=O)c3ccc(=O)[nH]n3)sc2C1. The zero-order chi connectivity index (χ0) is 17.1. The summed E-state index contributed by atoms with van der Waals surface area (Å²) in [6, 6.07) is 2.58. The van der Waals surface area contributed by atoms with Crippen LogP contribution in [-0.4, -0.2) is 33.7 Å². The normalized spacial score (nSPS) is 16.3. The molecule has 0 saturated carbocycles. The maximum atomic E-state index is 12.1. The van der Waals surface area contributed by atoms with Crippen LogP contribution >= 0.6 is 11.3 Å². The number of fused-ring (bicyclic) bond motifs is 1. The molecule has 0 aromatic carbocycles. The first kappa shape index (κ1) is 16.3. The van der Waals surface area contributed by atoms with Crippen LogP contribution in [0.25, 0.3) is 0 Å². The molecule has 0 radical (unpaired) electrons. The van der Waals surface area contributed by atoms with Gasteiger partial charge in [0, 0.05) is 10.9 Å². The van der Waals surface area contributed by atoms with E-state index < -0.39 is 5.91 Å². The number of hydrogen-bond acceptors (Lipinski definition) is 7. The number of aromatic nitrogens is 3. The highest BCUT2D eigenvalue weighted by Crippen LogP contribution is 2.33. The van der Waals surface area contributed by atoms with Crippen molar-refractivity contribution in [3.63, 3.8) is 0 Å². The van der Waals surface area contributed by atoms with Gasteiger partial charge in [-0.05, 0) is 32.3 Å². The van der Waals surface area contributed by atoms with Crippen LogP contribution in [-0.2, 0) is 22.4 Å². The summed E-state index contributed by atoms with van der Waals surface area (Å²) in [6.45, 7) is 2.16. The van der Waals surface area contributed by atoms with Gasteiger partial charge in [-0.3, -0.25) is 19.7 Å². The first-order valence-corrected chi connectivity index (χ1v) is 8.40.